The van der Waals surface area contributed by atoms with Crippen molar-refractivity contribution in [2.24, 2.45) is 11.8 Å². The largest absolute Gasteiger partial charge is 0.504 e. The van der Waals surface area contributed by atoms with E-state index >= 15 is 0 Å². The highest BCUT2D eigenvalue weighted by atomic mass is 16.6. The molecule has 3 aromatic rings. The van der Waals surface area contributed by atoms with Gasteiger partial charge in [0.2, 0.25) is 5.75 Å². The summed E-state index contributed by atoms with van der Waals surface area (Å²) in [5, 5.41) is 41.0. The second-order valence-electron chi connectivity index (χ2n) is 10.2. The van der Waals surface area contributed by atoms with E-state index in [4.69, 9.17) is 33.2 Å². The molecule has 2 aliphatic heterocycles. The third kappa shape index (κ3) is 5.48. The average molecular weight is 585 g/mol. The molecule has 3 aromatic carbocycles. The van der Waals surface area contributed by atoms with E-state index in [0.29, 0.717) is 36.0 Å². The summed E-state index contributed by atoms with van der Waals surface area (Å²) in [5.74, 6) is 1.56. The smallest absolute Gasteiger partial charge is 0.204 e. The molecule has 2 saturated heterocycles. The highest BCUT2D eigenvalue weighted by Gasteiger charge is 2.48. The first-order valence-electron chi connectivity index (χ1n) is 13.5. The van der Waals surface area contributed by atoms with Gasteiger partial charge >= 0.3 is 0 Å². The molecule has 2 aliphatic rings. The fourth-order valence-corrected chi connectivity index (χ4v) is 5.73. The Hall–Kier alpha value is -3.90. The molecule has 0 aromatic heterocycles. The molecular formula is C31H36O11. The zero-order valence-electron chi connectivity index (χ0n) is 23.9. The third-order valence-electron chi connectivity index (χ3n) is 7.95. The summed E-state index contributed by atoms with van der Waals surface area (Å²) in [7, 11) is 5.90. The zero-order chi connectivity index (χ0) is 30.0. The molecule has 0 saturated carbocycles. The number of rotatable bonds is 11. The molecule has 0 spiro atoms. The number of hydrogen-bond acceptors (Lipinski definition) is 11. The Labute approximate surface area is 243 Å². The predicted octanol–water partition coefficient (Wildman–Crippen LogP) is 3.68. The van der Waals surface area contributed by atoms with Crippen LogP contribution in [-0.4, -0.2) is 74.8 Å². The van der Waals surface area contributed by atoms with Crippen LogP contribution in [0.2, 0.25) is 0 Å². The van der Waals surface area contributed by atoms with E-state index in [1.54, 1.807) is 24.3 Å². The van der Waals surface area contributed by atoms with E-state index in [2.05, 4.69) is 0 Å². The van der Waals surface area contributed by atoms with E-state index in [9.17, 15) is 20.4 Å². The Morgan fingerprint density at radius 2 is 1.21 bits per heavy atom. The summed E-state index contributed by atoms with van der Waals surface area (Å²) in [6.07, 6.45) is -2.87. The molecular weight excluding hydrogens is 548 g/mol. The first-order valence-corrected chi connectivity index (χ1v) is 13.5. The third-order valence-corrected chi connectivity index (χ3v) is 7.95. The number of phenolic OH excluding ortho intramolecular Hbond substituents is 2. The van der Waals surface area contributed by atoms with Crippen LogP contribution in [-0.2, 0) is 9.47 Å². The van der Waals surface area contributed by atoms with Crippen molar-refractivity contribution in [3.05, 3.63) is 65.2 Å². The SMILES string of the molecule is COc1cc([C@H](O)[C@H](CO)Oc2c(OC)cc([C@@H]3OC[C@@H]4[C@H]3CO[C@H]4c3ccc(O)c(OC)c3)cc2OC)ccc1O. The molecule has 11 heteroatoms. The molecule has 6 atom stereocenters. The molecule has 226 valence electrons. The van der Waals surface area contributed by atoms with Crippen molar-refractivity contribution in [1.29, 1.82) is 0 Å². The van der Waals surface area contributed by atoms with Crippen molar-refractivity contribution in [3.63, 3.8) is 0 Å². The fraction of sp³-hybridized carbons (Fsp3) is 0.419. The minimum Gasteiger partial charge on any atom is -0.504 e. The van der Waals surface area contributed by atoms with Crippen LogP contribution in [0.25, 0.3) is 0 Å². The number of aliphatic hydroxyl groups is 2. The van der Waals surface area contributed by atoms with Crippen LogP contribution in [0, 0.1) is 11.8 Å². The van der Waals surface area contributed by atoms with Crippen molar-refractivity contribution < 1.29 is 53.6 Å². The number of ether oxygens (including phenoxy) is 7. The maximum absolute atomic E-state index is 11.0. The number of hydrogen-bond donors (Lipinski definition) is 4. The molecule has 42 heavy (non-hydrogen) atoms. The summed E-state index contributed by atoms with van der Waals surface area (Å²) in [6, 6.07) is 13.2. The van der Waals surface area contributed by atoms with Gasteiger partial charge in [-0.1, -0.05) is 12.1 Å². The van der Waals surface area contributed by atoms with Gasteiger partial charge in [0.05, 0.1) is 60.5 Å². The maximum Gasteiger partial charge on any atom is 0.204 e. The Morgan fingerprint density at radius 1 is 0.714 bits per heavy atom. The Morgan fingerprint density at radius 3 is 1.76 bits per heavy atom. The first kappa shape index (κ1) is 29.6. The van der Waals surface area contributed by atoms with E-state index in [0.717, 1.165) is 11.1 Å². The highest BCUT2D eigenvalue weighted by Crippen LogP contribution is 2.53. The predicted molar refractivity (Wildman–Crippen MR) is 150 cm³/mol. The standard InChI is InChI=1S/C31H36O11/c1-36-23-9-16(5-7-21(23)33)28(35)27(13-32)42-31-25(38-3)11-18(12-26(31)39-4)30-20-15-40-29(19(20)14-41-30)17-6-8-22(34)24(10-17)37-2/h5-12,19-20,27-30,32-35H,13-15H2,1-4H3/t19-,20-,27+,28+,29+,30+/m1/s1. The molecule has 5 rings (SSSR count). The second-order valence-corrected chi connectivity index (χ2v) is 10.2. The molecule has 0 amide bonds. The van der Waals surface area contributed by atoms with Gasteiger partial charge < -0.3 is 53.6 Å². The fourth-order valence-electron chi connectivity index (χ4n) is 5.73. The topological polar surface area (TPSA) is 146 Å². The molecule has 4 N–H and O–H groups in total. The highest BCUT2D eigenvalue weighted by molar-refractivity contribution is 5.55. The van der Waals surface area contributed by atoms with Crippen molar-refractivity contribution in [2.75, 3.05) is 48.3 Å². The minimum atomic E-state index is -1.26. The monoisotopic (exact) mass is 584 g/mol. The van der Waals surface area contributed by atoms with Crippen LogP contribution in [0.15, 0.2) is 48.5 Å². The number of fused-ring (bicyclic) bond motifs is 1. The summed E-state index contributed by atoms with van der Waals surface area (Å²) in [6.45, 7) is 0.427. The van der Waals surface area contributed by atoms with Crippen LogP contribution in [0.3, 0.4) is 0 Å². The van der Waals surface area contributed by atoms with Gasteiger partial charge in [0.25, 0.3) is 0 Å². The van der Waals surface area contributed by atoms with Gasteiger partial charge in [-0.2, -0.15) is 0 Å². The normalized spacial score (nSPS) is 22.7. The van der Waals surface area contributed by atoms with Crippen LogP contribution >= 0.6 is 0 Å². The van der Waals surface area contributed by atoms with Crippen LogP contribution in [0.1, 0.15) is 35.0 Å². The number of methoxy groups -OCH3 is 4. The quantitative estimate of drug-likeness (QED) is 0.262. The first-order chi connectivity index (χ1) is 20.3. The maximum atomic E-state index is 11.0. The van der Waals surface area contributed by atoms with Crippen LogP contribution in [0.5, 0.6) is 40.2 Å². The lowest BCUT2D eigenvalue weighted by molar-refractivity contribution is -0.00197. The molecule has 0 bridgehead atoms. The van der Waals surface area contributed by atoms with Crippen LogP contribution < -0.4 is 23.7 Å². The van der Waals surface area contributed by atoms with Crippen molar-refractivity contribution in [3.8, 4) is 40.2 Å². The Bertz CT molecular complexity index is 1370. The number of phenols is 2. The number of benzene rings is 3. The van der Waals surface area contributed by atoms with Crippen molar-refractivity contribution >= 4 is 0 Å². The van der Waals surface area contributed by atoms with Crippen molar-refractivity contribution in [1.82, 2.24) is 0 Å². The summed E-state index contributed by atoms with van der Waals surface area (Å²) in [4.78, 5) is 0. The average Bonchev–Trinajstić information content (AvgIpc) is 3.62. The van der Waals surface area contributed by atoms with E-state index < -0.39 is 18.8 Å². The number of aliphatic hydroxyl groups excluding tert-OH is 2. The van der Waals surface area contributed by atoms with E-state index in [-0.39, 0.29) is 47.0 Å². The van der Waals surface area contributed by atoms with Gasteiger partial charge in [0.15, 0.2) is 40.6 Å². The van der Waals surface area contributed by atoms with Gasteiger partial charge in [0.1, 0.15) is 6.10 Å². The summed E-state index contributed by atoms with van der Waals surface area (Å²) < 4.78 is 40.3. The van der Waals surface area contributed by atoms with Gasteiger partial charge in [0, 0.05) is 11.8 Å². The van der Waals surface area contributed by atoms with E-state index in [1.165, 1.54) is 46.6 Å². The molecule has 0 radical (unpaired) electrons. The minimum absolute atomic E-state index is 0.0486. The lowest BCUT2D eigenvalue weighted by Crippen LogP contribution is -2.29. The Kier molecular flexibility index (Phi) is 8.83. The molecule has 2 fully saturated rings. The summed E-state index contributed by atoms with van der Waals surface area (Å²) >= 11 is 0. The van der Waals surface area contributed by atoms with Crippen molar-refractivity contribution in [2.45, 2.75) is 24.4 Å². The molecule has 0 aliphatic carbocycles. The van der Waals surface area contributed by atoms with E-state index in [1.807, 2.05) is 6.07 Å². The molecule has 0 unspecified atom stereocenters. The second kappa shape index (κ2) is 12.5. The molecule has 2 heterocycles. The number of aromatic hydroxyl groups is 2. The van der Waals surface area contributed by atoms with Gasteiger partial charge in [-0.15, -0.1) is 0 Å². The lowest BCUT2D eigenvalue weighted by Gasteiger charge is -2.26. The molecule has 11 nitrogen and oxygen atoms in total. The Balaban J connectivity index is 1.39. The van der Waals surface area contributed by atoms with Crippen LogP contribution in [0.4, 0.5) is 0 Å². The van der Waals surface area contributed by atoms with Gasteiger partial charge in [-0.3, -0.25) is 0 Å². The lowest BCUT2D eigenvalue weighted by atomic mass is 9.84. The summed E-state index contributed by atoms with van der Waals surface area (Å²) in [5.41, 5.74) is 2.09. The van der Waals surface area contributed by atoms with Gasteiger partial charge in [-0.05, 0) is 53.1 Å². The van der Waals surface area contributed by atoms with Gasteiger partial charge in [-0.25, -0.2) is 0 Å². The zero-order valence-corrected chi connectivity index (χ0v) is 23.9.